The van der Waals surface area contributed by atoms with Gasteiger partial charge in [-0.15, -0.1) is 0 Å². The van der Waals surface area contributed by atoms with Crippen LogP contribution >= 0.6 is 15.9 Å². The molecule has 2 aromatic rings. The molecule has 1 N–H and O–H groups in total. The second kappa shape index (κ2) is 3.57. The number of likely N-dealkylation sites (N-methyl/N-ethyl adjacent to an activating group) is 1. The Bertz CT molecular complexity index is 562. The van der Waals surface area contributed by atoms with Crippen LogP contribution in [0.5, 0.6) is 0 Å². The number of hydrogen-bond donors (Lipinski definition) is 1. The van der Waals surface area contributed by atoms with E-state index in [0.29, 0.717) is 0 Å². The van der Waals surface area contributed by atoms with Gasteiger partial charge in [-0.3, -0.25) is 0 Å². The molecule has 0 amide bonds. The lowest BCUT2D eigenvalue weighted by molar-refractivity contribution is 0.310. The molecule has 0 unspecified atom stereocenters. The third-order valence-electron chi connectivity index (χ3n) is 3.18. The van der Waals surface area contributed by atoms with Crippen molar-refractivity contribution < 1.29 is 4.39 Å². The van der Waals surface area contributed by atoms with E-state index in [1.54, 1.807) is 6.07 Å². The molecule has 1 aliphatic heterocycles. The number of nitrogens with one attached hydrogen (secondary N) is 1. The van der Waals surface area contributed by atoms with Crippen LogP contribution in [0, 0.1) is 5.82 Å². The lowest BCUT2D eigenvalue weighted by atomic mass is 10.0. The van der Waals surface area contributed by atoms with Crippen molar-refractivity contribution in [1.29, 1.82) is 0 Å². The maximum atomic E-state index is 13.3. The highest BCUT2D eigenvalue weighted by molar-refractivity contribution is 9.10. The third kappa shape index (κ3) is 1.48. The largest absolute Gasteiger partial charge is 0.357 e. The zero-order valence-corrected chi connectivity index (χ0v) is 10.6. The maximum Gasteiger partial charge on any atom is 0.126 e. The molecule has 3 rings (SSSR count). The van der Waals surface area contributed by atoms with E-state index in [9.17, 15) is 4.39 Å². The fourth-order valence-electron chi connectivity index (χ4n) is 2.43. The van der Waals surface area contributed by atoms with Crippen LogP contribution in [-0.4, -0.2) is 23.5 Å². The minimum atomic E-state index is -0.202. The van der Waals surface area contributed by atoms with Crippen LogP contribution in [0.1, 0.15) is 11.3 Å². The van der Waals surface area contributed by atoms with E-state index in [1.807, 2.05) is 0 Å². The molecule has 1 aliphatic rings. The number of H-pyrrole nitrogens is 1. The van der Waals surface area contributed by atoms with Crippen LogP contribution < -0.4 is 0 Å². The SMILES string of the molecule is CN1CCc2c([nH]c3cc(F)cc(Br)c23)C1. The van der Waals surface area contributed by atoms with Gasteiger partial charge in [0.15, 0.2) is 0 Å². The summed E-state index contributed by atoms with van der Waals surface area (Å²) < 4.78 is 14.1. The first-order valence-electron chi connectivity index (χ1n) is 5.32. The summed E-state index contributed by atoms with van der Waals surface area (Å²) in [4.78, 5) is 5.58. The van der Waals surface area contributed by atoms with Gasteiger partial charge in [0.25, 0.3) is 0 Å². The Balaban J connectivity index is 2.29. The van der Waals surface area contributed by atoms with Crippen molar-refractivity contribution in [2.75, 3.05) is 13.6 Å². The molecular formula is C12H12BrFN2. The van der Waals surface area contributed by atoms with E-state index in [0.717, 1.165) is 34.9 Å². The van der Waals surface area contributed by atoms with E-state index in [4.69, 9.17) is 0 Å². The second-order valence-electron chi connectivity index (χ2n) is 4.38. The van der Waals surface area contributed by atoms with Gasteiger partial charge < -0.3 is 9.88 Å². The lowest BCUT2D eigenvalue weighted by Gasteiger charge is -2.22. The van der Waals surface area contributed by atoms with Gasteiger partial charge >= 0.3 is 0 Å². The van der Waals surface area contributed by atoms with Crippen molar-refractivity contribution in [3.8, 4) is 0 Å². The molecule has 0 fully saturated rings. The molecule has 1 aromatic carbocycles. The van der Waals surface area contributed by atoms with Gasteiger partial charge in [-0.2, -0.15) is 0 Å². The van der Waals surface area contributed by atoms with Gasteiger partial charge in [0.2, 0.25) is 0 Å². The van der Waals surface area contributed by atoms with Gasteiger partial charge in [0.05, 0.1) is 0 Å². The van der Waals surface area contributed by atoms with Crippen molar-refractivity contribution in [3.63, 3.8) is 0 Å². The molecule has 0 aliphatic carbocycles. The molecule has 0 bridgehead atoms. The number of benzene rings is 1. The summed E-state index contributed by atoms with van der Waals surface area (Å²) in [6.07, 6.45) is 1.02. The highest BCUT2D eigenvalue weighted by atomic mass is 79.9. The number of hydrogen-bond acceptors (Lipinski definition) is 1. The summed E-state index contributed by atoms with van der Waals surface area (Å²) in [5.74, 6) is -0.202. The second-order valence-corrected chi connectivity index (χ2v) is 5.23. The smallest absolute Gasteiger partial charge is 0.126 e. The van der Waals surface area contributed by atoms with Crippen molar-refractivity contribution in [2.45, 2.75) is 13.0 Å². The van der Waals surface area contributed by atoms with Crippen molar-refractivity contribution in [1.82, 2.24) is 9.88 Å². The molecule has 0 atom stereocenters. The molecule has 4 heteroatoms. The van der Waals surface area contributed by atoms with Gasteiger partial charge in [0.1, 0.15) is 5.82 Å². The first-order valence-corrected chi connectivity index (χ1v) is 6.11. The Morgan fingerprint density at radius 1 is 1.44 bits per heavy atom. The fourth-order valence-corrected chi connectivity index (χ4v) is 3.10. The normalized spacial score (nSPS) is 16.7. The van der Waals surface area contributed by atoms with E-state index in [1.165, 1.54) is 17.3 Å². The monoisotopic (exact) mass is 282 g/mol. The minimum absolute atomic E-state index is 0.202. The third-order valence-corrected chi connectivity index (χ3v) is 3.80. The quantitative estimate of drug-likeness (QED) is 0.787. The number of aromatic nitrogens is 1. The van der Waals surface area contributed by atoms with Gasteiger partial charge in [-0.1, -0.05) is 0 Å². The van der Waals surface area contributed by atoms with E-state index in [2.05, 4.69) is 32.9 Å². The Kier molecular flexibility index (Phi) is 2.30. The Morgan fingerprint density at radius 2 is 2.25 bits per heavy atom. The molecule has 0 spiro atoms. The van der Waals surface area contributed by atoms with Crippen molar-refractivity contribution in [2.24, 2.45) is 0 Å². The predicted octanol–water partition coefficient (Wildman–Crippen LogP) is 3.06. The molecule has 2 heterocycles. The van der Waals surface area contributed by atoms with Gasteiger partial charge in [0, 0.05) is 34.2 Å². The van der Waals surface area contributed by atoms with E-state index < -0.39 is 0 Å². The molecular weight excluding hydrogens is 271 g/mol. The molecule has 0 saturated carbocycles. The fraction of sp³-hybridized carbons (Fsp3) is 0.333. The lowest BCUT2D eigenvalue weighted by Crippen LogP contribution is -2.26. The summed E-state index contributed by atoms with van der Waals surface area (Å²) in [7, 11) is 2.10. The number of halogens is 2. The van der Waals surface area contributed by atoms with Crippen LogP contribution in [0.3, 0.4) is 0 Å². The van der Waals surface area contributed by atoms with Crippen LogP contribution in [0.4, 0.5) is 4.39 Å². The zero-order chi connectivity index (χ0) is 11.3. The molecule has 0 radical (unpaired) electrons. The van der Waals surface area contributed by atoms with Gasteiger partial charge in [-0.05, 0) is 47.1 Å². The molecule has 84 valence electrons. The molecule has 16 heavy (non-hydrogen) atoms. The zero-order valence-electron chi connectivity index (χ0n) is 8.98. The predicted molar refractivity (Wildman–Crippen MR) is 66.0 cm³/mol. The summed E-state index contributed by atoms with van der Waals surface area (Å²) >= 11 is 3.45. The van der Waals surface area contributed by atoms with E-state index in [-0.39, 0.29) is 5.82 Å². The molecule has 1 aromatic heterocycles. The highest BCUT2D eigenvalue weighted by Gasteiger charge is 2.20. The summed E-state index contributed by atoms with van der Waals surface area (Å²) in [5, 5.41) is 1.14. The Morgan fingerprint density at radius 3 is 3.06 bits per heavy atom. The summed E-state index contributed by atoms with van der Waals surface area (Å²) in [6.45, 7) is 1.97. The van der Waals surface area contributed by atoms with E-state index >= 15 is 0 Å². The van der Waals surface area contributed by atoms with Crippen molar-refractivity contribution in [3.05, 3.63) is 33.7 Å². The highest BCUT2D eigenvalue weighted by Crippen LogP contribution is 2.33. The average Bonchev–Trinajstić information content (AvgIpc) is 2.54. The van der Waals surface area contributed by atoms with Crippen LogP contribution in [0.25, 0.3) is 10.9 Å². The molecule has 2 nitrogen and oxygen atoms in total. The Labute approximate surface area is 102 Å². The van der Waals surface area contributed by atoms with Crippen LogP contribution in [0.2, 0.25) is 0 Å². The maximum absolute atomic E-state index is 13.3. The standard InChI is InChI=1S/C12H12BrFN2/c1-16-3-2-8-11(6-16)15-10-5-7(14)4-9(13)12(8)10/h4-5,15H,2-3,6H2,1H3. The first kappa shape index (κ1) is 10.3. The number of fused-ring (bicyclic) bond motifs is 3. The average molecular weight is 283 g/mol. The number of aromatic amines is 1. The minimum Gasteiger partial charge on any atom is -0.357 e. The topological polar surface area (TPSA) is 19.0 Å². The van der Waals surface area contributed by atoms with Crippen LogP contribution in [-0.2, 0) is 13.0 Å². The molecule has 0 saturated heterocycles. The van der Waals surface area contributed by atoms with Crippen LogP contribution in [0.15, 0.2) is 16.6 Å². The van der Waals surface area contributed by atoms with Gasteiger partial charge in [-0.25, -0.2) is 4.39 Å². The Hall–Kier alpha value is -0.870. The number of nitrogens with zero attached hydrogens (tertiary/aromatic N) is 1. The number of rotatable bonds is 0. The first-order chi connectivity index (χ1) is 7.65. The van der Waals surface area contributed by atoms with Crippen molar-refractivity contribution >= 4 is 26.8 Å². The summed E-state index contributed by atoms with van der Waals surface area (Å²) in [6, 6.07) is 3.10. The summed E-state index contributed by atoms with van der Waals surface area (Å²) in [5.41, 5.74) is 3.45.